The van der Waals surface area contributed by atoms with Crippen LogP contribution in [-0.4, -0.2) is 17.1 Å². The molecular formula is C10H11ClN2O. The van der Waals surface area contributed by atoms with Crippen LogP contribution in [0.15, 0.2) is 12.1 Å². The lowest BCUT2D eigenvalue weighted by atomic mass is 10.3. The lowest BCUT2D eigenvalue weighted by Crippen LogP contribution is -1.84. The van der Waals surface area contributed by atoms with E-state index < -0.39 is 0 Å². The molecule has 2 aromatic rings. The summed E-state index contributed by atoms with van der Waals surface area (Å²) in [6.45, 7) is 2.04. The van der Waals surface area contributed by atoms with E-state index >= 15 is 0 Å². The predicted molar refractivity (Wildman–Crippen MR) is 57.0 cm³/mol. The van der Waals surface area contributed by atoms with Crippen molar-refractivity contribution in [1.29, 1.82) is 0 Å². The van der Waals surface area contributed by atoms with Gasteiger partial charge in [0.05, 0.1) is 12.6 Å². The monoisotopic (exact) mass is 210 g/mol. The van der Waals surface area contributed by atoms with E-state index in [0.717, 1.165) is 23.3 Å². The molecule has 1 aromatic carbocycles. The summed E-state index contributed by atoms with van der Waals surface area (Å²) in [4.78, 5) is 7.56. The number of nitrogens with zero attached hydrogens (tertiary/aromatic N) is 1. The van der Waals surface area contributed by atoms with Crippen molar-refractivity contribution in [3.05, 3.63) is 23.0 Å². The van der Waals surface area contributed by atoms with Gasteiger partial charge in [-0.2, -0.15) is 0 Å². The first kappa shape index (κ1) is 9.34. The number of hydrogen-bond acceptors (Lipinski definition) is 2. The molecule has 3 nitrogen and oxygen atoms in total. The lowest BCUT2D eigenvalue weighted by Gasteiger charge is -2.01. The second-order valence-corrected chi connectivity index (χ2v) is 3.39. The molecule has 0 fully saturated rings. The molecule has 4 heteroatoms. The number of aromatic amines is 1. The van der Waals surface area contributed by atoms with Crippen LogP contribution in [0.4, 0.5) is 0 Å². The highest BCUT2D eigenvalue weighted by Crippen LogP contribution is 2.31. The molecule has 1 aromatic heterocycles. The minimum Gasteiger partial charge on any atom is -0.495 e. The molecule has 1 heterocycles. The number of imidazole rings is 1. The van der Waals surface area contributed by atoms with E-state index in [9.17, 15) is 0 Å². The zero-order valence-corrected chi connectivity index (χ0v) is 8.85. The largest absolute Gasteiger partial charge is 0.495 e. The van der Waals surface area contributed by atoms with Crippen molar-refractivity contribution < 1.29 is 4.74 Å². The summed E-state index contributed by atoms with van der Waals surface area (Å²) < 4.78 is 5.11. The first-order valence-electron chi connectivity index (χ1n) is 4.47. The number of methoxy groups -OCH3 is 1. The maximum absolute atomic E-state index is 6.10. The summed E-state index contributed by atoms with van der Waals surface area (Å²) in [5.74, 6) is 1.60. The van der Waals surface area contributed by atoms with Gasteiger partial charge in [-0.25, -0.2) is 4.98 Å². The number of aryl methyl sites for hydroxylation is 1. The van der Waals surface area contributed by atoms with Crippen molar-refractivity contribution in [2.24, 2.45) is 0 Å². The van der Waals surface area contributed by atoms with Crippen LogP contribution in [0.5, 0.6) is 5.75 Å². The Morgan fingerprint density at radius 2 is 2.29 bits per heavy atom. The molecule has 0 saturated heterocycles. The Morgan fingerprint density at radius 3 is 2.93 bits per heavy atom. The quantitative estimate of drug-likeness (QED) is 0.828. The third-order valence-electron chi connectivity index (χ3n) is 2.16. The Labute approximate surface area is 87.1 Å². The molecule has 0 aliphatic heterocycles. The summed E-state index contributed by atoms with van der Waals surface area (Å²) in [6, 6.07) is 3.76. The van der Waals surface area contributed by atoms with Gasteiger partial charge in [-0.3, -0.25) is 0 Å². The van der Waals surface area contributed by atoms with Crippen molar-refractivity contribution in [1.82, 2.24) is 9.97 Å². The number of aromatic nitrogens is 2. The molecule has 0 aliphatic carbocycles. The highest BCUT2D eigenvalue weighted by atomic mass is 35.5. The Kier molecular flexibility index (Phi) is 2.33. The topological polar surface area (TPSA) is 37.9 Å². The highest BCUT2D eigenvalue weighted by molar-refractivity contribution is 6.36. The van der Waals surface area contributed by atoms with E-state index in [0.29, 0.717) is 10.8 Å². The second kappa shape index (κ2) is 3.50. The van der Waals surface area contributed by atoms with E-state index in [1.54, 1.807) is 7.11 Å². The van der Waals surface area contributed by atoms with Crippen molar-refractivity contribution >= 4 is 22.6 Å². The van der Waals surface area contributed by atoms with Crippen molar-refractivity contribution in [2.45, 2.75) is 13.3 Å². The van der Waals surface area contributed by atoms with Gasteiger partial charge in [0.25, 0.3) is 0 Å². The molecule has 0 amide bonds. The number of nitrogens with one attached hydrogen (secondary N) is 1. The number of rotatable bonds is 2. The standard InChI is InChI=1S/C10H11ClN2O/c1-3-8-12-6-4-5-7(14-2)9(11)10(6)13-8/h4-5H,3H2,1-2H3,(H,12,13). The lowest BCUT2D eigenvalue weighted by molar-refractivity contribution is 0.415. The van der Waals surface area contributed by atoms with Crippen LogP contribution in [0.3, 0.4) is 0 Å². The first-order valence-corrected chi connectivity index (χ1v) is 4.85. The maximum Gasteiger partial charge on any atom is 0.139 e. The molecule has 0 bridgehead atoms. The molecule has 0 saturated carbocycles. The SMILES string of the molecule is CCc1nc2c(Cl)c(OC)ccc2[nH]1. The number of hydrogen-bond donors (Lipinski definition) is 1. The van der Waals surface area contributed by atoms with Gasteiger partial charge in [0.2, 0.25) is 0 Å². The van der Waals surface area contributed by atoms with Gasteiger partial charge in [0.15, 0.2) is 0 Å². The number of ether oxygens (including phenoxy) is 1. The fourth-order valence-corrected chi connectivity index (χ4v) is 1.68. The zero-order valence-electron chi connectivity index (χ0n) is 8.10. The van der Waals surface area contributed by atoms with Crippen LogP contribution >= 0.6 is 11.6 Å². The van der Waals surface area contributed by atoms with E-state index in [4.69, 9.17) is 16.3 Å². The molecule has 0 atom stereocenters. The number of fused-ring (bicyclic) bond motifs is 1. The minimum absolute atomic E-state index is 0.570. The van der Waals surface area contributed by atoms with Crippen LogP contribution in [0, 0.1) is 0 Å². The van der Waals surface area contributed by atoms with Crippen LogP contribution in [0.2, 0.25) is 5.02 Å². The van der Waals surface area contributed by atoms with Crippen molar-refractivity contribution in [2.75, 3.05) is 7.11 Å². The normalized spacial score (nSPS) is 10.8. The molecule has 0 radical (unpaired) electrons. The summed E-state index contributed by atoms with van der Waals surface area (Å²) in [7, 11) is 1.60. The first-order chi connectivity index (χ1) is 6.76. The van der Waals surface area contributed by atoms with Crippen LogP contribution in [0.1, 0.15) is 12.7 Å². The van der Waals surface area contributed by atoms with Gasteiger partial charge in [-0.1, -0.05) is 18.5 Å². The summed E-state index contributed by atoms with van der Waals surface area (Å²) >= 11 is 6.10. The van der Waals surface area contributed by atoms with Crippen LogP contribution < -0.4 is 4.74 Å². The highest BCUT2D eigenvalue weighted by Gasteiger charge is 2.09. The summed E-state index contributed by atoms with van der Waals surface area (Å²) in [5, 5.41) is 0.570. The van der Waals surface area contributed by atoms with Gasteiger partial charge in [0, 0.05) is 6.42 Å². The molecule has 0 spiro atoms. The Balaban J connectivity index is 2.68. The van der Waals surface area contributed by atoms with E-state index in [1.165, 1.54) is 0 Å². The third-order valence-corrected chi connectivity index (χ3v) is 2.53. The molecular weight excluding hydrogens is 200 g/mol. The fourth-order valence-electron chi connectivity index (χ4n) is 1.40. The van der Waals surface area contributed by atoms with Crippen LogP contribution in [0.25, 0.3) is 11.0 Å². The maximum atomic E-state index is 6.10. The Hall–Kier alpha value is -1.22. The van der Waals surface area contributed by atoms with E-state index in [-0.39, 0.29) is 0 Å². The minimum atomic E-state index is 0.570. The van der Waals surface area contributed by atoms with Crippen molar-refractivity contribution in [3.8, 4) is 5.75 Å². The van der Waals surface area contributed by atoms with Gasteiger partial charge in [-0.05, 0) is 12.1 Å². The molecule has 14 heavy (non-hydrogen) atoms. The van der Waals surface area contributed by atoms with E-state index in [2.05, 4.69) is 9.97 Å². The fraction of sp³-hybridized carbons (Fsp3) is 0.300. The molecule has 1 N–H and O–H groups in total. The molecule has 0 unspecified atom stereocenters. The predicted octanol–water partition coefficient (Wildman–Crippen LogP) is 2.79. The molecule has 0 aliphatic rings. The smallest absolute Gasteiger partial charge is 0.139 e. The third kappa shape index (κ3) is 1.34. The number of H-pyrrole nitrogens is 1. The summed E-state index contributed by atoms with van der Waals surface area (Å²) in [5.41, 5.74) is 1.73. The molecule has 74 valence electrons. The van der Waals surface area contributed by atoms with Gasteiger partial charge in [0.1, 0.15) is 22.1 Å². The average Bonchev–Trinajstić information content (AvgIpc) is 2.62. The van der Waals surface area contributed by atoms with Gasteiger partial charge >= 0.3 is 0 Å². The van der Waals surface area contributed by atoms with Gasteiger partial charge < -0.3 is 9.72 Å². The van der Waals surface area contributed by atoms with E-state index in [1.807, 2.05) is 19.1 Å². The Morgan fingerprint density at radius 1 is 1.50 bits per heavy atom. The molecule has 2 rings (SSSR count). The van der Waals surface area contributed by atoms with Crippen LogP contribution in [-0.2, 0) is 6.42 Å². The number of halogens is 1. The number of benzene rings is 1. The Bertz CT molecular complexity index is 464. The van der Waals surface area contributed by atoms with Gasteiger partial charge in [-0.15, -0.1) is 0 Å². The zero-order chi connectivity index (χ0) is 10.1. The summed E-state index contributed by atoms with van der Waals surface area (Å²) in [6.07, 6.45) is 0.868. The van der Waals surface area contributed by atoms with Crippen molar-refractivity contribution in [3.63, 3.8) is 0 Å². The second-order valence-electron chi connectivity index (χ2n) is 3.02. The average molecular weight is 211 g/mol.